The summed E-state index contributed by atoms with van der Waals surface area (Å²) in [5.74, 6) is -5.58. The summed E-state index contributed by atoms with van der Waals surface area (Å²) < 4.78 is 30.7. The van der Waals surface area contributed by atoms with Gasteiger partial charge in [0, 0.05) is 135 Å². The fourth-order valence-corrected chi connectivity index (χ4v) is 9.91. The zero-order chi connectivity index (χ0) is 51.1. The third kappa shape index (κ3) is 17.9. The number of anilines is 1. The Balaban J connectivity index is 0.0000110. The normalized spacial score (nSPS) is 15.1. The molecule has 24 nitrogen and oxygen atoms in total. The van der Waals surface area contributed by atoms with E-state index in [-0.39, 0.29) is 146 Å². The average molecular weight is 1090 g/mol. The molecule has 1 aliphatic rings. The van der Waals surface area contributed by atoms with E-state index in [4.69, 9.17) is 0 Å². The van der Waals surface area contributed by atoms with Gasteiger partial charge >= 0.3 is 23.9 Å². The molecule has 1 saturated heterocycles. The zero-order valence-corrected chi connectivity index (χ0v) is 43.5. The summed E-state index contributed by atoms with van der Waals surface area (Å²) in [7, 11) is -4.37. The number of rotatable bonds is 22. The van der Waals surface area contributed by atoms with Crippen molar-refractivity contribution in [3.05, 3.63) is 87.0 Å². The van der Waals surface area contributed by atoms with Crippen molar-refractivity contribution in [2.24, 2.45) is 0 Å². The van der Waals surface area contributed by atoms with Crippen LogP contribution in [0.3, 0.4) is 0 Å². The first-order valence-electron chi connectivity index (χ1n) is 22.5. The molecule has 0 aliphatic carbocycles. The number of aryl methyl sites for hydroxylation is 4. The molecular formula is C45H61N11O13SY. The van der Waals surface area contributed by atoms with Gasteiger partial charge in [0.25, 0.3) is 5.91 Å². The van der Waals surface area contributed by atoms with Crippen LogP contribution in [-0.2, 0) is 79.8 Å². The number of nitrogens with one attached hydrogen (secondary N) is 5. The van der Waals surface area contributed by atoms with Gasteiger partial charge in [-0.3, -0.25) is 53.2 Å². The minimum atomic E-state index is -4.37. The molecule has 1 aliphatic heterocycles. The number of carbonyl (C=O) groups excluding carboxylic acids is 2. The van der Waals surface area contributed by atoms with Crippen LogP contribution in [0.25, 0.3) is 10.9 Å². The molecule has 9 N–H and O–H groups in total. The van der Waals surface area contributed by atoms with E-state index in [1.54, 1.807) is 87.7 Å². The number of carbonyl (C=O) groups is 6. The molecule has 2 aromatic heterocycles. The number of aromatic amines is 1. The first-order valence-corrected chi connectivity index (χ1v) is 24.0. The van der Waals surface area contributed by atoms with Crippen molar-refractivity contribution >= 4 is 62.6 Å². The summed E-state index contributed by atoms with van der Waals surface area (Å²) in [5.41, 5.74) is 1.84. The monoisotopic (exact) mass is 1080 g/mol. The number of pyridine rings is 1. The standard InChI is InChI=1S/C45H61N11O13S.Y/c1-29-19-30(2)42(31(3)20-29)70(68,69)51-35(44(66)67)23-49-43(65)34-24-56(36-21-32(5-6-33(36)41(34)64)22-50-45-47-8-9-48-45)10-4-7-46-37(57)25-52-11-13-53(26-38(58)59)15-17-55(28-40(62)63)18-16-54(14-12-52)27-39(60)61;/h5-6,8-9,19-21,24,35,51H,4,7,10-18,22-23,25-28H2,1-3H3,(H,46,57)(H,49,65)(H,58,59)(H,60,61)(H,62,63)(H,66,67)(H2,47,48,50);/t35-;/m0./s1. The molecule has 4 aromatic rings. The second-order valence-electron chi connectivity index (χ2n) is 17.1. The van der Waals surface area contributed by atoms with Gasteiger partial charge in [-0.25, -0.2) is 13.4 Å². The smallest absolute Gasteiger partial charge is 0.323 e. The van der Waals surface area contributed by atoms with Crippen LogP contribution in [0.1, 0.15) is 39.0 Å². The van der Waals surface area contributed by atoms with E-state index in [1.165, 1.54) is 6.20 Å². The van der Waals surface area contributed by atoms with Gasteiger partial charge in [-0.15, -0.1) is 0 Å². The largest absolute Gasteiger partial charge is 0.480 e. The maximum Gasteiger partial charge on any atom is 0.323 e. The average Bonchev–Trinajstić information content (AvgIpc) is 3.80. The summed E-state index contributed by atoms with van der Waals surface area (Å²) in [6.07, 6.45) is 4.85. The Morgan fingerprint density at radius 1 is 0.761 bits per heavy atom. The molecule has 1 fully saturated rings. The first-order chi connectivity index (χ1) is 33.2. The predicted octanol–water partition coefficient (Wildman–Crippen LogP) is -0.597. The van der Waals surface area contributed by atoms with Crippen molar-refractivity contribution in [3.63, 3.8) is 0 Å². The maximum absolute atomic E-state index is 13.9. The fraction of sp³-hybridized carbons (Fsp3) is 0.467. The fourth-order valence-electron chi connectivity index (χ4n) is 8.27. The molecule has 1 radical (unpaired) electrons. The van der Waals surface area contributed by atoms with Gasteiger partial charge < -0.3 is 45.9 Å². The van der Waals surface area contributed by atoms with Crippen LogP contribution in [-0.4, -0.2) is 196 Å². The molecule has 1 atom stereocenters. The Morgan fingerprint density at radius 3 is 1.79 bits per heavy atom. The summed E-state index contributed by atoms with van der Waals surface area (Å²) in [6.45, 7) is 5.73. The van der Waals surface area contributed by atoms with Crippen LogP contribution in [0.15, 0.2) is 58.6 Å². The predicted molar refractivity (Wildman–Crippen MR) is 255 cm³/mol. The van der Waals surface area contributed by atoms with Crippen molar-refractivity contribution < 1.29 is 90.3 Å². The zero-order valence-electron chi connectivity index (χ0n) is 39.8. The Hall–Kier alpha value is -5.67. The number of hydrogen-bond donors (Lipinski definition) is 9. The molecule has 0 saturated carbocycles. The maximum atomic E-state index is 13.9. The van der Waals surface area contributed by atoms with Gasteiger partial charge in [-0.05, 0) is 56.0 Å². The number of carboxylic acid groups (broad SMARTS) is 4. The number of hydrogen-bond acceptors (Lipinski definition) is 15. The molecule has 71 heavy (non-hydrogen) atoms. The van der Waals surface area contributed by atoms with Crippen molar-refractivity contribution in [1.29, 1.82) is 0 Å². The second-order valence-corrected chi connectivity index (χ2v) is 18.8. The number of carboxylic acids is 4. The summed E-state index contributed by atoms with van der Waals surface area (Å²) in [6, 6.07) is 6.53. The van der Waals surface area contributed by atoms with Crippen LogP contribution in [0.4, 0.5) is 5.95 Å². The molecule has 26 heteroatoms. The summed E-state index contributed by atoms with van der Waals surface area (Å²) in [4.78, 5) is 102. The number of sulfonamides is 1. The molecule has 0 unspecified atom stereocenters. The number of amides is 2. The first kappa shape index (κ1) is 57.9. The number of benzene rings is 2. The van der Waals surface area contributed by atoms with Crippen LogP contribution in [0.2, 0.25) is 0 Å². The third-order valence-corrected chi connectivity index (χ3v) is 13.3. The number of nitrogens with zero attached hydrogens (tertiary/aromatic N) is 6. The Bertz CT molecular complexity index is 2650. The SMILES string of the molecule is Cc1cc(C)c(S(=O)(=O)N[C@@H](CNC(=O)c2cn(CCCNC(=O)CN3CCN(CC(=O)O)CCN(CC(=O)O)CCN(CC(=O)O)CC3)c3cc(CNc4ncc[nH]4)ccc3c2=O)C(=O)O)c(C)c1.[Y]. The Labute approximate surface area is 435 Å². The van der Waals surface area contributed by atoms with Gasteiger partial charge in [0.05, 0.1) is 36.6 Å². The molecule has 3 heterocycles. The van der Waals surface area contributed by atoms with Crippen molar-refractivity contribution in [2.45, 2.75) is 51.2 Å². The molecular weight excluding hydrogens is 1020 g/mol. The molecule has 2 aromatic carbocycles. The van der Waals surface area contributed by atoms with Gasteiger partial charge in [0.15, 0.2) is 5.95 Å². The van der Waals surface area contributed by atoms with Crippen LogP contribution in [0, 0.1) is 20.8 Å². The van der Waals surface area contributed by atoms with Gasteiger partial charge in [-0.2, -0.15) is 4.72 Å². The van der Waals surface area contributed by atoms with Gasteiger partial charge in [-0.1, -0.05) is 23.8 Å². The third-order valence-electron chi connectivity index (χ3n) is 11.6. The summed E-state index contributed by atoms with van der Waals surface area (Å²) >= 11 is 0. The van der Waals surface area contributed by atoms with Crippen LogP contribution in [0.5, 0.6) is 0 Å². The Kier molecular flexibility index (Phi) is 22.2. The molecule has 5 rings (SSSR count). The quantitative estimate of drug-likeness (QED) is 0.0444. The van der Waals surface area contributed by atoms with Crippen molar-refractivity contribution in [3.8, 4) is 0 Å². The van der Waals surface area contributed by atoms with Crippen molar-refractivity contribution in [1.82, 2.24) is 49.5 Å². The molecule has 0 spiro atoms. The van der Waals surface area contributed by atoms with Crippen molar-refractivity contribution in [2.75, 3.05) is 96.9 Å². The molecule has 383 valence electrons. The number of aromatic nitrogens is 3. The second kappa shape index (κ2) is 27.2. The van der Waals surface area contributed by atoms with Crippen LogP contribution >= 0.6 is 0 Å². The number of H-pyrrole nitrogens is 1. The summed E-state index contributed by atoms with van der Waals surface area (Å²) in [5, 5.41) is 47.1. The topological polar surface area (TPSA) is 329 Å². The molecule has 0 bridgehead atoms. The van der Waals surface area contributed by atoms with E-state index in [0.717, 1.165) is 11.1 Å². The Morgan fingerprint density at radius 2 is 1.30 bits per heavy atom. The number of imidazole rings is 1. The van der Waals surface area contributed by atoms with E-state index >= 15 is 0 Å². The van der Waals surface area contributed by atoms with Gasteiger partial charge in [0.2, 0.25) is 21.4 Å². The number of aliphatic carboxylic acids is 4. The number of fused-ring (bicyclic) bond motifs is 1. The van der Waals surface area contributed by atoms with E-state index in [0.29, 0.717) is 35.6 Å². The van der Waals surface area contributed by atoms with E-state index in [1.807, 2.05) is 0 Å². The molecule has 2 amide bonds. The van der Waals surface area contributed by atoms with Gasteiger partial charge in [0.1, 0.15) is 11.6 Å². The van der Waals surface area contributed by atoms with E-state index in [9.17, 15) is 62.4 Å². The van der Waals surface area contributed by atoms with E-state index in [2.05, 4.69) is 30.6 Å². The van der Waals surface area contributed by atoms with Crippen LogP contribution < -0.4 is 26.1 Å². The van der Waals surface area contributed by atoms with E-state index < -0.39 is 57.8 Å². The minimum Gasteiger partial charge on any atom is -0.480 e. The minimum absolute atomic E-state index is 0.